The summed E-state index contributed by atoms with van der Waals surface area (Å²) in [6, 6.07) is 0. The van der Waals surface area contributed by atoms with Crippen LogP contribution in [0.5, 0.6) is 0 Å². The summed E-state index contributed by atoms with van der Waals surface area (Å²) in [6.07, 6.45) is 0.0718. The van der Waals surface area contributed by atoms with E-state index in [9.17, 15) is 0 Å². The molecule has 1 fully saturated rings. The molecule has 0 aromatic heterocycles. The van der Waals surface area contributed by atoms with Crippen LogP contribution in [0.25, 0.3) is 0 Å². The standard InChI is InChI=1S/C8H18O4Si/c1-5-9-13(4,10-6-2)12-8-7(3)11-8/h7-8H,5-6H2,1-4H3. The third-order valence-corrected chi connectivity index (χ3v) is 4.09. The van der Waals surface area contributed by atoms with E-state index >= 15 is 0 Å². The summed E-state index contributed by atoms with van der Waals surface area (Å²) in [5.41, 5.74) is 0. The fraction of sp³-hybridized carbons (Fsp3) is 1.00. The van der Waals surface area contributed by atoms with Crippen LogP contribution >= 0.6 is 0 Å². The lowest BCUT2D eigenvalue weighted by atomic mass is 10.5. The Kier molecular flexibility index (Phi) is 3.87. The molecular weight excluding hydrogens is 188 g/mol. The zero-order chi connectivity index (χ0) is 9.90. The zero-order valence-electron chi connectivity index (χ0n) is 8.70. The molecule has 0 N–H and O–H groups in total. The minimum Gasteiger partial charge on any atom is -0.374 e. The first-order chi connectivity index (χ1) is 6.11. The molecular formula is C8H18O4Si. The van der Waals surface area contributed by atoms with Crippen molar-refractivity contribution in [3.8, 4) is 0 Å². The van der Waals surface area contributed by atoms with Crippen LogP contribution < -0.4 is 0 Å². The van der Waals surface area contributed by atoms with Crippen LogP contribution in [0.3, 0.4) is 0 Å². The van der Waals surface area contributed by atoms with Gasteiger partial charge in [0.25, 0.3) is 0 Å². The first-order valence-corrected chi connectivity index (χ1v) is 6.95. The zero-order valence-corrected chi connectivity index (χ0v) is 9.70. The average molecular weight is 206 g/mol. The molecule has 0 aliphatic carbocycles. The Labute approximate surface area is 80.5 Å². The van der Waals surface area contributed by atoms with E-state index in [0.29, 0.717) is 13.2 Å². The van der Waals surface area contributed by atoms with Crippen molar-refractivity contribution in [3.63, 3.8) is 0 Å². The van der Waals surface area contributed by atoms with E-state index in [1.165, 1.54) is 0 Å². The largest absolute Gasteiger partial charge is 0.499 e. The monoisotopic (exact) mass is 206 g/mol. The number of rotatable bonds is 6. The van der Waals surface area contributed by atoms with Crippen molar-refractivity contribution in [2.24, 2.45) is 0 Å². The van der Waals surface area contributed by atoms with E-state index in [2.05, 4.69) is 0 Å². The Morgan fingerprint density at radius 3 is 2.00 bits per heavy atom. The van der Waals surface area contributed by atoms with Gasteiger partial charge < -0.3 is 18.0 Å². The van der Waals surface area contributed by atoms with Gasteiger partial charge >= 0.3 is 8.80 Å². The van der Waals surface area contributed by atoms with Gasteiger partial charge in [-0.2, -0.15) is 0 Å². The summed E-state index contributed by atoms with van der Waals surface area (Å²) in [6.45, 7) is 8.97. The normalized spacial score (nSPS) is 27.7. The van der Waals surface area contributed by atoms with E-state index in [1.807, 2.05) is 27.3 Å². The van der Waals surface area contributed by atoms with Gasteiger partial charge in [-0.3, -0.25) is 0 Å². The Bertz CT molecular complexity index is 158. The molecule has 1 rings (SSSR count). The second-order valence-electron chi connectivity index (χ2n) is 3.06. The molecule has 0 radical (unpaired) electrons. The third-order valence-electron chi connectivity index (χ3n) is 1.80. The fourth-order valence-electron chi connectivity index (χ4n) is 1.13. The highest BCUT2D eigenvalue weighted by molar-refractivity contribution is 6.59. The quantitative estimate of drug-likeness (QED) is 0.486. The first-order valence-electron chi connectivity index (χ1n) is 4.72. The van der Waals surface area contributed by atoms with E-state index < -0.39 is 8.80 Å². The summed E-state index contributed by atoms with van der Waals surface area (Å²) in [4.78, 5) is 0. The summed E-state index contributed by atoms with van der Waals surface area (Å²) in [5.74, 6) is 0. The molecule has 2 atom stereocenters. The SMILES string of the molecule is CCO[Si](C)(OCC)OC1OC1C. The molecule has 13 heavy (non-hydrogen) atoms. The van der Waals surface area contributed by atoms with Gasteiger partial charge in [-0.05, 0) is 20.8 Å². The Balaban J connectivity index is 2.35. The van der Waals surface area contributed by atoms with E-state index in [1.54, 1.807) is 0 Å². The van der Waals surface area contributed by atoms with E-state index in [0.717, 1.165) is 0 Å². The molecule has 1 aliphatic rings. The first kappa shape index (κ1) is 11.1. The topological polar surface area (TPSA) is 40.2 Å². The van der Waals surface area contributed by atoms with Crippen LogP contribution in [-0.4, -0.2) is 34.4 Å². The molecule has 4 nitrogen and oxygen atoms in total. The third kappa shape index (κ3) is 3.36. The predicted octanol–water partition coefficient (Wildman–Crippen LogP) is 1.39. The highest BCUT2D eigenvalue weighted by Gasteiger charge is 2.46. The molecule has 0 amide bonds. The molecule has 0 spiro atoms. The van der Waals surface area contributed by atoms with Gasteiger partial charge in [-0.25, -0.2) is 0 Å². The molecule has 1 saturated heterocycles. The van der Waals surface area contributed by atoms with Crippen molar-refractivity contribution in [1.82, 2.24) is 0 Å². The average Bonchev–Trinajstić information content (AvgIpc) is 2.66. The fourth-order valence-corrected chi connectivity index (χ4v) is 3.07. The van der Waals surface area contributed by atoms with Gasteiger partial charge in [0.1, 0.15) is 6.10 Å². The lowest BCUT2D eigenvalue weighted by Gasteiger charge is -2.23. The molecule has 1 heterocycles. The van der Waals surface area contributed by atoms with Gasteiger partial charge in [0.2, 0.25) is 0 Å². The summed E-state index contributed by atoms with van der Waals surface area (Å²) >= 11 is 0. The van der Waals surface area contributed by atoms with Crippen LogP contribution in [0.15, 0.2) is 0 Å². The smallest absolute Gasteiger partial charge is 0.374 e. The van der Waals surface area contributed by atoms with Crippen molar-refractivity contribution < 1.29 is 18.0 Å². The highest BCUT2D eigenvalue weighted by Crippen LogP contribution is 2.26. The number of epoxide rings is 1. The van der Waals surface area contributed by atoms with Gasteiger partial charge in [-0.1, -0.05) is 0 Å². The Morgan fingerprint density at radius 2 is 1.69 bits per heavy atom. The van der Waals surface area contributed by atoms with E-state index in [4.69, 9.17) is 18.0 Å². The summed E-state index contributed by atoms with van der Waals surface area (Å²) < 4.78 is 21.7. The van der Waals surface area contributed by atoms with Crippen LogP contribution in [0.4, 0.5) is 0 Å². The van der Waals surface area contributed by atoms with Crippen molar-refractivity contribution in [2.75, 3.05) is 13.2 Å². The second-order valence-corrected chi connectivity index (χ2v) is 5.59. The molecule has 0 aromatic carbocycles. The minimum absolute atomic E-state index is 0.116. The number of hydrogen-bond donors (Lipinski definition) is 0. The lowest BCUT2D eigenvalue weighted by Crippen LogP contribution is -2.43. The van der Waals surface area contributed by atoms with Gasteiger partial charge in [-0.15, -0.1) is 0 Å². The van der Waals surface area contributed by atoms with Crippen LogP contribution in [0.1, 0.15) is 20.8 Å². The Morgan fingerprint density at radius 1 is 1.23 bits per heavy atom. The molecule has 5 heteroatoms. The molecule has 0 aromatic rings. The van der Waals surface area contributed by atoms with Crippen LogP contribution in [0.2, 0.25) is 6.55 Å². The summed E-state index contributed by atoms with van der Waals surface area (Å²) in [5, 5.41) is 0. The number of ether oxygens (including phenoxy) is 1. The highest BCUT2D eigenvalue weighted by atomic mass is 28.4. The van der Waals surface area contributed by atoms with Gasteiger partial charge in [0.15, 0.2) is 6.29 Å². The van der Waals surface area contributed by atoms with Crippen molar-refractivity contribution in [1.29, 1.82) is 0 Å². The second kappa shape index (κ2) is 4.52. The molecule has 0 saturated carbocycles. The summed E-state index contributed by atoms with van der Waals surface area (Å²) in [7, 11) is -2.42. The minimum atomic E-state index is -2.42. The molecule has 1 aliphatic heterocycles. The lowest BCUT2D eigenvalue weighted by molar-refractivity contribution is 0.0369. The predicted molar refractivity (Wildman–Crippen MR) is 50.3 cm³/mol. The van der Waals surface area contributed by atoms with Crippen LogP contribution in [-0.2, 0) is 18.0 Å². The maximum atomic E-state index is 5.61. The van der Waals surface area contributed by atoms with Crippen LogP contribution in [0, 0.1) is 0 Å². The van der Waals surface area contributed by atoms with Gasteiger partial charge in [0.05, 0.1) is 0 Å². The van der Waals surface area contributed by atoms with Gasteiger partial charge in [0, 0.05) is 19.8 Å². The maximum absolute atomic E-state index is 5.61. The molecule has 0 bridgehead atoms. The van der Waals surface area contributed by atoms with Crippen molar-refractivity contribution >= 4 is 8.80 Å². The number of hydrogen-bond acceptors (Lipinski definition) is 4. The maximum Gasteiger partial charge on any atom is 0.499 e. The van der Waals surface area contributed by atoms with E-state index in [-0.39, 0.29) is 12.4 Å². The van der Waals surface area contributed by atoms with Crippen molar-refractivity contribution in [2.45, 2.75) is 39.7 Å². The van der Waals surface area contributed by atoms with Crippen molar-refractivity contribution in [3.05, 3.63) is 0 Å². The molecule has 2 unspecified atom stereocenters. The molecule has 78 valence electrons. The Hall–Kier alpha value is 0.0569.